The molecule has 11 heteroatoms. The van der Waals surface area contributed by atoms with Gasteiger partial charge < -0.3 is 32.5 Å². The Morgan fingerprint density at radius 1 is 1.00 bits per heavy atom. The predicted octanol–water partition coefficient (Wildman–Crippen LogP) is -2.18. The third kappa shape index (κ3) is 10.8. The van der Waals surface area contributed by atoms with Gasteiger partial charge in [0.1, 0.15) is 12.1 Å². The molecule has 0 radical (unpaired) electrons. The molecule has 0 aromatic carbocycles. The van der Waals surface area contributed by atoms with Gasteiger partial charge in [-0.15, -0.1) is 0 Å². The van der Waals surface area contributed by atoms with E-state index < -0.39 is 54.3 Å². The second kappa shape index (κ2) is 11.8. The number of nitrogens with one attached hydrogen (secondary N) is 3. The standard InChI is InChI=1S/C16H29N5O6/c1-8(2)6-10(17)15(25)20-9(3)14(24)19-7-13(23)21-11(16(26)27)4-5-12(18)22/h8-11H,4-7,17H2,1-3H3,(H2,18,22)(H,19,24)(H,20,25)(H,21,23)(H,26,27). The molecule has 8 N–H and O–H groups in total. The number of carbonyl (C=O) groups is 5. The van der Waals surface area contributed by atoms with Gasteiger partial charge in [-0.1, -0.05) is 13.8 Å². The average Bonchev–Trinajstić information content (AvgIpc) is 2.54. The maximum atomic E-state index is 11.9. The van der Waals surface area contributed by atoms with Crippen LogP contribution in [0.3, 0.4) is 0 Å². The lowest BCUT2D eigenvalue weighted by atomic mass is 10.0. The number of carbonyl (C=O) groups excluding carboxylic acids is 4. The number of nitrogens with two attached hydrogens (primary N) is 2. The summed E-state index contributed by atoms with van der Waals surface area (Å²) in [4.78, 5) is 57.3. The van der Waals surface area contributed by atoms with E-state index in [4.69, 9.17) is 16.6 Å². The van der Waals surface area contributed by atoms with Crippen LogP contribution in [0.1, 0.15) is 40.0 Å². The number of hydrogen-bond acceptors (Lipinski definition) is 6. The molecular formula is C16H29N5O6. The molecule has 0 rings (SSSR count). The quantitative estimate of drug-likeness (QED) is 0.219. The zero-order chi connectivity index (χ0) is 21.1. The lowest BCUT2D eigenvalue weighted by Gasteiger charge is -2.19. The van der Waals surface area contributed by atoms with Crippen molar-refractivity contribution < 1.29 is 29.1 Å². The molecule has 0 spiro atoms. The minimum Gasteiger partial charge on any atom is -0.480 e. The highest BCUT2D eigenvalue weighted by atomic mass is 16.4. The SMILES string of the molecule is CC(C)CC(N)C(=O)NC(C)C(=O)NCC(=O)NC(CCC(N)=O)C(=O)O. The maximum Gasteiger partial charge on any atom is 0.326 e. The Hall–Kier alpha value is -2.69. The zero-order valence-corrected chi connectivity index (χ0v) is 15.8. The van der Waals surface area contributed by atoms with Crippen molar-refractivity contribution in [2.45, 2.75) is 58.2 Å². The van der Waals surface area contributed by atoms with E-state index in [9.17, 15) is 24.0 Å². The third-order valence-corrected chi connectivity index (χ3v) is 3.55. The van der Waals surface area contributed by atoms with Gasteiger partial charge in [0.15, 0.2) is 0 Å². The summed E-state index contributed by atoms with van der Waals surface area (Å²) in [6.07, 6.45) is 0.0956. The van der Waals surface area contributed by atoms with Crippen molar-refractivity contribution in [3.05, 3.63) is 0 Å². The van der Waals surface area contributed by atoms with E-state index in [1.807, 2.05) is 13.8 Å². The van der Waals surface area contributed by atoms with Crippen LogP contribution in [0.15, 0.2) is 0 Å². The number of carboxylic acids is 1. The highest BCUT2D eigenvalue weighted by molar-refractivity contribution is 5.92. The summed E-state index contributed by atoms with van der Waals surface area (Å²) in [5, 5.41) is 15.9. The van der Waals surface area contributed by atoms with Crippen molar-refractivity contribution in [1.82, 2.24) is 16.0 Å². The van der Waals surface area contributed by atoms with Crippen LogP contribution in [-0.4, -0.2) is 59.4 Å². The Morgan fingerprint density at radius 2 is 1.59 bits per heavy atom. The molecule has 0 saturated heterocycles. The van der Waals surface area contributed by atoms with Crippen LogP contribution in [0.5, 0.6) is 0 Å². The third-order valence-electron chi connectivity index (χ3n) is 3.55. The van der Waals surface area contributed by atoms with E-state index in [1.54, 1.807) is 0 Å². The van der Waals surface area contributed by atoms with Crippen LogP contribution in [0, 0.1) is 5.92 Å². The number of hydrogen-bond donors (Lipinski definition) is 6. The summed E-state index contributed by atoms with van der Waals surface area (Å²) >= 11 is 0. The van der Waals surface area contributed by atoms with E-state index in [0.29, 0.717) is 6.42 Å². The number of rotatable bonds is 12. The molecule has 154 valence electrons. The first-order chi connectivity index (χ1) is 12.4. The molecule has 27 heavy (non-hydrogen) atoms. The predicted molar refractivity (Wildman–Crippen MR) is 96.0 cm³/mol. The van der Waals surface area contributed by atoms with E-state index >= 15 is 0 Å². The van der Waals surface area contributed by atoms with Crippen molar-refractivity contribution in [3.8, 4) is 0 Å². The number of primary amides is 1. The summed E-state index contributed by atoms with van der Waals surface area (Å²) in [6.45, 7) is 4.77. The normalized spacial score (nSPS) is 14.0. The molecular weight excluding hydrogens is 358 g/mol. The Balaban J connectivity index is 4.41. The second-order valence-corrected chi connectivity index (χ2v) is 6.65. The summed E-state index contributed by atoms with van der Waals surface area (Å²) in [5.74, 6) is -3.65. The average molecular weight is 387 g/mol. The van der Waals surface area contributed by atoms with Crippen LogP contribution in [0.25, 0.3) is 0 Å². The van der Waals surface area contributed by atoms with E-state index in [-0.39, 0.29) is 18.8 Å². The highest BCUT2D eigenvalue weighted by Gasteiger charge is 2.23. The minimum absolute atomic E-state index is 0.162. The minimum atomic E-state index is -1.32. The molecule has 0 saturated carbocycles. The van der Waals surface area contributed by atoms with Crippen LogP contribution in [0.2, 0.25) is 0 Å². The van der Waals surface area contributed by atoms with Crippen LogP contribution < -0.4 is 27.4 Å². The fourth-order valence-corrected chi connectivity index (χ4v) is 2.11. The molecule has 0 bridgehead atoms. The molecule has 0 aliphatic carbocycles. The Labute approximate surface area is 157 Å². The Morgan fingerprint density at radius 3 is 2.07 bits per heavy atom. The molecule has 11 nitrogen and oxygen atoms in total. The van der Waals surface area contributed by atoms with E-state index in [1.165, 1.54) is 6.92 Å². The molecule has 0 aromatic heterocycles. The Kier molecular flexibility index (Phi) is 10.7. The molecule has 3 atom stereocenters. The van der Waals surface area contributed by atoms with Gasteiger partial charge in [-0.2, -0.15) is 0 Å². The van der Waals surface area contributed by atoms with Gasteiger partial charge in [-0.3, -0.25) is 19.2 Å². The van der Waals surface area contributed by atoms with Crippen LogP contribution in [0.4, 0.5) is 0 Å². The smallest absolute Gasteiger partial charge is 0.326 e. The van der Waals surface area contributed by atoms with Crippen molar-refractivity contribution in [3.63, 3.8) is 0 Å². The molecule has 0 aliphatic rings. The van der Waals surface area contributed by atoms with Gasteiger partial charge >= 0.3 is 5.97 Å². The largest absolute Gasteiger partial charge is 0.480 e. The first-order valence-corrected chi connectivity index (χ1v) is 8.58. The zero-order valence-electron chi connectivity index (χ0n) is 15.8. The topological polar surface area (TPSA) is 194 Å². The summed E-state index contributed by atoms with van der Waals surface area (Å²) in [5.41, 5.74) is 10.7. The van der Waals surface area contributed by atoms with Gasteiger partial charge in [0.05, 0.1) is 12.6 Å². The van der Waals surface area contributed by atoms with Crippen molar-refractivity contribution in [2.75, 3.05) is 6.54 Å². The molecule has 3 unspecified atom stereocenters. The van der Waals surface area contributed by atoms with Gasteiger partial charge in [0.25, 0.3) is 0 Å². The number of aliphatic carboxylic acids is 1. The van der Waals surface area contributed by atoms with E-state index in [0.717, 1.165) is 0 Å². The fourth-order valence-electron chi connectivity index (χ4n) is 2.11. The summed E-state index contributed by atoms with van der Waals surface area (Å²) in [6, 6.07) is -2.97. The highest BCUT2D eigenvalue weighted by Crippen LogP contribution is 2.02. The molecule has 0 fully saturated rings. The molecule has 0 heterocycles. The van der Waals surface area contributed by atoms with Crippen LogP contribution in [-0.2, 0) is 24.0 Å². The summed E-state index contributed by atoms with van der Waals surface area (Å²) < 4.78 is 0. The first-order valence-electron chi connectivity index (χ1n) is 8.58. The van der Waals surface area contributed by atoms with Gasteiger partial charge in [-0.25, -0.2) is 4.79 Å². The lowest BCUT2D eigenvalue weighted by Crippen LogP contribution is -2.52. The van der Waals surface area contributed by atoms with Gasteiger partial charge in [-0.05, 0) is 25.7 Å². The summed E-state index contributed by atoms with van der Waals surface area (Å²) in [7, 11) is 0. The molecule has 0 aromatic rings. The second-order valence-electron chi connectivity index (χ2n) is 6.65. The number of carboxylic acid groups (broad SMARTS) is 1. The van der Waals surface area contributed by atoms with Crippen molar-refractivity contribution in [1.29, 1.82) is 0 Å². The molecule has 0 aliphatic heterocycles. The van der Waals surface area contributed by atoms with E-state index in [2.05, 4.69) is 16.0 Å². The van der Waals surface area contributed by atoms with Crippen molar-refractivity contribution in [2.24, 2.45) is 17.4 Å². The molecule has 4 amide bonds. The lowest BCUT2D eigenvalue weighted by molar-refractivity contribution is -0.142. The number of amides is 4. The van der Waals surface area contributed by atoms with Gasteiger partial charge in [0, 0.05) is 6.42 Å². The monoisotopic (exact) mass is 387 g/mol. The van der Waals surface area contributed by atoms with Gasteiger partial charge in [0.2, 0.25) is 23.6 Å². The Bertz CT molecular complexity index is 566. The fraction of sp³-hybridized carbons (Fsp3) is 0.688. The van der Waals surface area contributed by atoms with Crippen LogP contribution >= 0.6 is 0 Å². The first kappa shape index (κ1) is 24.3. The maximum absolute atomic E-state index is 11.9. The van der Waals surface area contributed by atoms with Crippen molar-refractivity contribution >= 4 is 29.6 Å².